The van der Waals surface area contributed by atoms with Gasteiger partial charge < -0.3 is 10.6 Å². The minimum absolute atomic E-state index is 0.0445. The Balaban J connectivity index is 2.42. The molecule has 0 heterocycles. The molecule has 2 N–H and O–H groups in total. The molecule has 1 aromatic carbocycles. The molecule has 0 bridgehead atoms. The first-order valence-corrected chi connectivity index (χ1v) is 5.33. The molecule has 3 heteroatoms. The van der Waals surface area contributed by atoms with Gasteiger partial charge in [0, 0.05) is 6.54 Å². The summed E-state index contributed by atoms with van der Waals surface area (Å²) < 4.78 is 0. The summed E-state index contributed by atoms with van der Waals surface area (Å²) in [6.45, 7) is 4.72. The lowest BCUT2D eigenvalue weighted by molar-refractivity contribution is 0.238. The monoisotopic (exact) mass is 206 g/mol. The maximum atomic E-state index is 11.4. The average molecular weight is 206 g/mol. The fraction of sp³-hybridized carbons (Fsp3) is 0.417. The summed E-state index contributed by atoms with van der Waals surface area (Å²) in [5, 5.41) is 5.66. The summed E-state index contributed by atoms with van der Waals surface area (Å²) in [5.41, 5.74) is 1.11. The van der Waals surface area contributed by atoms with Crippen molar-refractivity contribution in [1.82, 2.24) is 10.6 Å². The van der Waals surface area contributed by atoms with Crippen LogP contribution in [0, 0.1) is 0 Å². The third-order valence-electron chi connectivity index (χ3n) is 2.18. The van der Waals surface area contributed by atoms with Crippen molar-refractivity contribution in [3.63, 3.8) is 0 Å². The van der Waals surface area contributed by atoms with Crippen molar-refractivity contribution in [2.45, 2.75) is 26.3 Å². The third kappa shape index (κ3) is 4.02. The maximum Gasteiger partial charge on any atom is 0.315 e. The Morgan fingerprint density at radius 2 is 2.00 bits per heavy atom. The molecule has 0 aliphatic heterocycles. The molecule has 2 amide bonds. The van der Waals surface area contributed by atoms with E-state index in [0.29, 0.717) is 6.54 Å². The van der Waals surface area contributed by atoms with E-state index in [9.17, 15) is 4.79 Å². The van der Waals surface area contributed by atoms with Gasteiger partial charge in [0.1, 0.15) is 0 Å². The quantitative estimate of drug-likeness (QED) is 0.780. The van der Waals surface area contributed by atoms with E-state index in [-0.39, 0.29) is 12.1 Å². The number of hydrogen-bond donors (Lipinski definition) is 2. The highest BCUT2D eigenvalue weighted by Crippen LogP contribution is 2.10. The van der Waals surface area contributed by atoms with E-state index in [1.807, 2.05) is 44.2 Å². The number of amides is 2. The molecule has 0 aromatic heterocycles. The van der Waals surface area contributed by atoms with Gasteiger partial charge in [0.2, 0.25) is 0 Å². The molecular weight excluding hydrogens is 188 g/mol. The van der Waals surface area contributed by atoms with Gasteiger partial charge in [-0.05, 0) is 18.9 Å². The second-order valence-corrected chi connectivity index (χ2v) is 3.53. The number of benzene rings is 1. The van der Waals surface area contributed by atoms with Gasteiger partial charge in [-0.2, -0.15) is 0 Å². The van der Waals surface area contributed by atoms with Gasteiger partial charge in [-0.25, -0.2) is 4.79 Å². The lowest BCUT2D eigenvalue weighted by Gasteiger charge is -2.14. The van der Waals surface area contributed by atoms with Crippen molar-refractivity contribution in [2.75, 3.05) is 6.54 Å². The molecule has 1 atom stereocenters. The number of carbonyl (C=O) groups excluding carboxylic acids is 1. The number of nitrogens with one attached hydrogen (secondary N) is 2. The Morgan fingerprint density at radius 1 is 1.33 bits per heavy atom. The standard InChI is InChI=1S/C12H18N2O/c1-3-9-13-12(15)14-10(2)11-7-5-4-6-8-11/h4-8,10H,3,9H2,1-2H3,(H2,13,14,15). The first kappa shape index (κ1) is 11.6. The Labute approximate surface area is 90.9 Å². The molecule has 1 unspecified atom stereocenters. The highest BCUT2D eigenvalue weighted by molar-refractivity contribution is 5.74. The van der Waals surface area contributed by atoms with Gasteiger partial charge in [-0.1, -0.05) is 37.3 Å². The van der Waals surface area contributed by atoms with Crippen molar-refractivity contribution in [1.29, 1.82) is 0 Å². The summed E-state index contributed by atoms with van der Waals surface area (Å²) in [5.74, 6) is 0. The Hall–Kier alpha value is -1.51. The molecule has 0 fully saturated rings. The van der Waals surface area contributed by atoms with Crippen LogP contribution in [0.5, 0.6) is 0 Å². The van der Waals surface area contributed by atoms with Gasteiger partial charge in [-0.15, -0.1) is 0 Å². The summed E-state index contributed by atoms with van der Waals surface area (Å²) in [7, 11) is 0. The molecule has 0 aliphatic rings. The molecule has 0 aliphatic carbocycles. The Bertz CT molecular complexity index is 298. The molecule has 0 saturated carbocycles. The molecular formula is C12H18N2O. The topological polar surface area (TPSA) is 41.1 Å². The normalized spacial score (nSPS) is 11.9. The fourth-order valence-electron chi connectivity index (χ4n) is 1.31. The van der Waals surface area contributed by atoms with Gasteiger partial charge in [0.25, 0.3) is 0 Å². The predicted octanol–water partition coefficient (Wildman–Crippen LogP) is 2.46. The van der Waals surface area contributed by atoms with E-state index < -0.39 is 0 Å². The zero-order valence-corrected chi connectivity index (χ0v) is 9.29. The zero-order chi connectivity index (χ0) is 11.1. The smallest absolute Gasteiger partial charge is 0.315 e. The first-order valence-electron chi connectivity index (χ1n) is 5.33. The number of rotatable bonds is 4. The van der Waals surface area contributed by atoms with Crippen LogP contribution in [0.25, 0.3) is 0 Å². The lowest BCUT2D eigenvalue weighted by atomic mass is 10.1. The number of hydrogen-bond acceptors (Lipinski definition) is 1. The van der Waals surface area contributed by atoms with Gasteiger partial charge >= 0.3 is 6.03 Å². The van der Waals surface area contributed by atoms with Crippen LogP contribution in [0.3, 0.4) is 0 Å². The van der Waals surface area contributed by atoms with E-state index in [0.717, 1.165) is 12.0 Å². The van der Waals surface area contributed by atoms with E-state index in [4.69, 9.17) is 0 Å². The van der Waals surface area contributed by atoms with Crippen molar-refractivity contribution < 1.29 is 4.79 Å². The first-order chi connectivity index (χ1) is 7.24. The molecule has 0 saturated heterocycles. The van der Waals surface area contributed by atoms with Crippen LogP contribution in [0.15, 0.2) is 30.3 Å². The van der Waals surface area contributed by atoms with E-state index >= 15 is 0 Å². The minimum atomic E-state index is -0.104. The van der Waals surface area contributed by atoms with Crippen LogP contribution in [-0.4, -0.2) is 12.6 Å². The Morgan fingerprint density at radius 3 is 2.60 bits per heavy atom. The van der Waals surface area contributed by atoms with Crippen LogP contribution >= 0.6 is 0 Å². The molecule has 1 rings (SSSR count). The van der Waals surface area contributed by atoms with E-state index in [1.54, 1.807) is 0 Å². The van der Waals surface area contributed by atoms with Crippen LogP contribution in [0.4, 0.5) is 4.79 Å². The van der Waals surface area contributed by atoms with Gasteiger partial charge in [-0.3, -0.25) is 0 Å². The molecule has 0 spiro atoms. The fourth-order valence-corrected chi connectivity index (χ4v) is 1.31. The summed E-state index contributed by atoms with van der Waals surface area (Å²) >= 11 is 0. The van der Waals surface area contributed by atoms with E-state index in [1.165, 1.54) is 0 Å². The van der Waals surface area contributed by atoms with E-state index in [2.05, 4.69) is 10.6 Å². The van der Waals surface area contributed by atoms with Crippen molar-refractivity contribution in [3.8, 4) is 0 Å². The van der Waals surface area contributed by atoms with Crippen LogP contribution in [0.1, 0.15) is 31.9 Å². The predicted molar refractivity (Wildman–Crippen MR) is 61.7 cm³/mol. The molecule has 1 aromatic rings. The summed E-state index contributed by atoms with van der Waals surface area (Å²) in [6.07, 6.45) is 0.952. The third-order valence-corrected chi connectivity index (χ3v) is 2.18. The lowest BCUT2D eigenvalue weighted by Crippen LogP contribution is -2.37. The molecule has 3 nitrogen and oxygen atoms in total. The highest BCUT2D eigenvalue weighted by Gasteiger charge is 2.07. The van der Waals surface area contributed by atoms with Crippen molar-refractivity contribution in [3.05, 3.63) is 35.9 Å². The summed E-state index contributed by atoms with van der Waals surface area (Å²) in [4.78, 5) is 11.4. The largest absolute Gasteiger partial charge is 0.338 e. The minimum Gasteiger partial charge on any atom is -0.338 e. The second kappa shape index (κ2) is 6.06. The average Bonchev–Trinajstić information content (AvgIpc) is 2.27. The van der Waals surface area contributed by atoms with Crippen LogP contribution in [0.2, 0.25) is 0 Å². The molecule has 15 heavy (non-hydrogen) atoms. The van der Waals surface area contributed by atoms with Gasteiger partial charge in [0.05, 0.1) is 6.04 Å². The molecule has 0 radical (unpaired) electrons. The second-order valence-electron chi connectivity index (χ2n) is 3.53. The maximum absolute atomic E-state index is 11.4. The summed E-state index contributed by atoms with van der Waals surface area (Å²) in [6, 6.07) is 9.86. The highest BCUT2D eigenvalue weighted by atomic mass is 16.2. The molecule has 82 valence electrons. The Kier molecular flexibility index (Phi) is 4.68. The van der Waals surface area contributed by atoms with Gasteiger partial charge in [0.15, 0.2) is 0 Å². The number of urea groups is 1. The van der Waals surface area contributed by atoms with Crippen LogP contribution in [-0.2, 0) is 0 Å². The SMILES string of the molecule is CCCNC(=O)NC(C)c1ccccc1. The zero-order valence-electron chi connectivity index (χ0n) is 9.29. The number of carbonyl (C=O) groups is 1. The van der Waals surface area contributed by atoms with Crippen LogP contribution < -0.4 is 10.6 Å². The van der Waals surface area contributed by atoms with Crippen molar-refractivity contribution >= 4 is 6.03 Å². The van der Waals surface area contributed by atoms with Crippen molar-refractivity contribution in [2.24, 2.45) is 0 Å².